The molecule has 0 aromatic heterocycles. The fourth-order valence-electron chi connectivity index (χ4n) is 2.84. The number of hydrogen-bond donors (Lipinski definition) is 2. The zero-order valence-electron chi connectivity index (χ0n) is 14.6. The van der Waals surface area contributed by atoms with Gasteiger partial charge in [0.2, 0.25) is 5.91 Å². The second-order valence-electron chi connectivity index (χ2n) is 5.93. The summed E-state index contributed by atoms with van der Waals surface area (Å²) in [7, 11) is 1.59. The number of benzene rings is 1. The van der Waals surface area contributed by atoms with Gasteiger partial charge in [0.25, 0.3) is 5.91 Å². The van der Waals surface area contributed by atoms with Crippen molar-refractivity contribution in [3.8, 4) is 5.75 Å². The molecule has 3 N–H and O–H groups in total. The van der Waals surface area contributed by atoms with E-state index in [2.05, 4.69) is 5.32 Å². The van der Waals surface area contributed by atoms with Gasteiger partial charge in [-0.1, -0.05) is 0 Å². The van der Waals surface area contributed by atoms with Crippen molar-refractivity contribution in [2.75, 3.05) is 39.8 Å². The molecule has 0 atom stereocenters. The number of carbonyl (C=O) groups is 3. The second-order valence-corrected chi connectivity index (χ2v) is 5.93. The summed E-state index contributed by atoms with van der Waals surface area (Å²) in [5.41, 5.74) is 6.48. The Morgan fingerprint density at radius 3 is 2.48 bits per heavy atom. The first-order valence-corrected chi connectivity index (χ1v) is 8.17. The molecule has 0 saturated carbocycles. The Bertz CT molecular complexity index is 662. The molecule has 0 aliphatic carbocycles. The summed E-state index contributed by atoms with van der Waals surface area (Å²) in [6.45, 7) is 3.78. The maximum Gasteiger partial charge on any atom is 0.312 e. The number of nitrogens with two attached hydrogens (primary N) is 1. The lowest BCUT2D eigenvalue weighted by Gasteiger charge is -2.22. The summed E-state index contributed by atoms with van der Waals surface area (Å²) in [4.78, 5) is 38.9. The number of hydrogen-bond acceptors (Lipinski definition) is 4. The van der Waals surface area contributed by atoms with E-state index in [4.69, 9.17) is 10.5 Å². The van der Waals surface area contributed by atoms with Gasteiger partial charge in [-0.25, -0.2) is 4.79 Å². The van der Waals surface area contributed by atoms with E-state index in [1.165, 1.54) is 0 Å². The molecule has 0 bridgehead atoms. The van der Waals surface area contributed by atoms with Crippen LogP contribution < -0.4 is 15.8 Å². The second kappa shape index (κ2) is 8.36. The molecule has 0 spiro atoms. The first-order valence-electron chi connectivity index (χ1n) is 8.17. The minimum Gasteiger partial charge on any atom is -0.496 e. The third-order valence-electron chi connectivity index (χ3n) is 4.19. The molecular formula is C17H24N4O4. The van der Waals surface area contributed by atoms with E-state index in [9.17, 15) is 14.4 Å². The van der Waals surface area contributed by atoms with E-state index in [1.54, 1.807) is 29.0 Å². The van der Waals surface area contributed by atoms with Crippen LogP contribution in [0.2, 0.25) is 0 Å². The largest absolute Gasteiger partial charge is 0.496 e. The minimum absolute atomic E-state index is 0.0599. The number of nitrogens with zero attached hydrogens (tertiary/aromatic N) is 2. The van der Waals surface area contributed by atoms with Gasteiger partial charge in [0.05, 0.1) is 13.7 Å². The van der Waals surface area contributed by atoms with Gasteiger partial charge >= 0.3 is 6.03 Å². The zero-order chi connectivity index (χ0) is 18.4. The van der Waals surface area contributed by atoms with E-state index in [1.807, 2.05) is 13.0 Å². The molecule has 1 saturated heterocycles. The van der Waals surface area contributed by atoms with Crippen LogP contribution in [0.4, 0.5) is 4.79 Å². The Labute approximate surface area is 146 Å². The van der Waals surface area contributed by atoms with Crippen LogP contribution in [0.5, 0.6) is 5.75 Å². The molecule has 4 amide bonds. The van der Waals surface area contributed by atoms with Gasteiger partial charge in [-0.05, 0) is 37.1 Å². The molecular weight excluding hydrogens is 324 g/mol. The molecule has 1 aromatic rings. The molecule has 0 radical (unpaired) electrons. The summed E-state index contributed by atoms with van der Waals surface area (Å²) in [5, 5.41) is 2.30. The van der Waals surface area contributed by atoms with Gasteiger partial charge in [-0.3, -0.25) is 9.59 Å². The van der Waals surface area contributed by atoms with Crippen LogP contribution in [0, 0.1) is 6.92 Å². The molecule has 136 valence electrons. The molecule has 0 unspecified atom stereocenters. The lowest BCUT2D eigenvalue weighted by molar-refractivity contribution is -0.129. The van der Waals surface area contributed by atoms with Gasteiger partial charge in [-0.15, -0.1) is 0 Å². The van der Waals surface area contributed by atoms with E-state index in [0.717, 1.165) is 11.3 Å². The van der Waals surface area contributed by atoms with Gasteiger partial charge in [0.15, 0.2) is 0 Å². The Hall–Kier alpha value is -2.77. The fraction of sp³-hybridized carbons (Fsp3) is 0.471. The van der Waals surface area contributed by atoms with E-state index in [-0.39, 0.29) is 18.4 Å². The summed E-state index contributed by atoms with van der Waals surface area (Å²) in [6.07, 6.45) is 0.684. The highest BCUT2D eigenvalue weighted by molar-refractivity contribution is 5.94. The first-order chi connectivity index (χ1) is 11.9. The van der Waals surface area contributed by atoms with Crippen LogP contribution in [0.1, 0.15) is 22.3 Å². The van der Waals surface area contributed by atoms with Crippen LogP contribution in [0.15, 0.2) is 18.2 Å². The highest BCUT2D eigenvalue weighted by Crippen LogP contribution is 2.20. The number of aryl methyl sites for hydroxylation is 1. The van der Waals surface area contributed by atoms with Gasteiger partial charge in [-0.2, -0.15) is 0 Å². The Balaban J connectivity index is 1.98. The highest BCUT2D eigenvalue weighted by Gasteiger charge is 2.23. The first kappa shape index (κ1) is 18.6. The highest BCUT2D eigenvalue weighted by atomic mass is 16.5. The Morgan fingerprint density at radius 1 is 1.16 bits per heavy atom. The van der Waals surface area contributed by atoms with Crippen molar-refractivity contribution in [2.45, 2.75) is 13.3 Å². The number of nitrogens with one attached hydrogen (secondary N) is 1. The Morgan fingerprint density at radius 2 is 1.84 bits per heavy atom. The van der Waals surface area contributed by atoms with Crippen molar-refractivity contribution < 1.29 is 19.1 Å². The van der Waals surface area contributed by atoms with Crippen molar-refractivity contribution in [2.24, 2.45) is 5.73 Å². The topological polar surface area (TPSA) is 105 Å². The van der Waals surface area contributed by atoms with Crippen molar-refractivity contribution in [3.63, 3.8) is 0 Å². The third kappa shape index (κ3) is 4.85. The molecule has 2 rings (SSSR count). The molecule has 1 aromatic carbocycles. The standard InChI is InChI=1S/C17H24N4O4/c1-12-10-13(4-5-14(12)25-2)16(23)21-7-3-6-20(8-9-21)15(22)11-19-17(18)24/h4-5,10H,3,6-9,11H2,1-2H3,(H3,18,19,24). The quantitative estimate of drug-likeness (QED) is 0.819. The van der Waals surface area contributed by atoms with E-state index >= 15 is 0 Å². The van der Waals surface area contributed by atoms with Gasteiger partial charge < -0.3 is 25.6 Å². The van der Waals surface area contributed by atoms with Crippen molar-refractivity contribution in [1.29, 1.82) is 0 Å². The fourth-order valence-corrected chi connectivity index (χ4v) is 2.84. The molecule has 25 heavy (non-hydrogen) atoms. The normalized spacial score (nSPS) is 14.6. The number of ether oxygens (including phenoxy) is 1. The summed E-state index contributed by atoms with van der Waals surface area (Å²) in [6, 6.07) is 4.62. The average molecular weight is 348 g/mol. The monoisotopic (exact) mass is 348 g/mol. The van der Waals surface area contributed by atoms with Crippen molar-refractivity contribution >= 4 is 17.8 Å². The van der Waals surface area contributed by atoms with E-state index < -0.39 is 6.03 Å². The summed E-state index contributed by atoms with van der Waals surface area (Å²) < 4.78 is 5.22. The molecule has 1 aliphatic heterocycles. The maximum absolute atomic E-state index is 12.7. The molecule has 8 nitrogen and oxygen atoms in total. The number of primary amides is 1. The summed E-state index contributed by atoms with van der Waals surface area (Å²) in [5.74, 6) is 0.481. The van der Waals surface area contributed by atoms with Crippen LogP contribution in [0.3, 0.4) is 0 Å². The molecule has 8 heteroatoms. The van der Waals surface area contributed by atoms with Crippen molar-refractivity contribution in [1.82, 2.24) is 15.1 Å². The van der Waals surface area contributed by atoms with Crippen LogP contribution in [-0.2, 0) is 4.79 Å². The molecule has 1 aliphatic rings. The predicted molar refractivity (Wildman–Crippen MR) is 92.4 cm³/mol. The number of methoxy groups -OCH3 is 1. The van der Waals surface area contributed by atoms with Gasteiger partial charge in [0, 0.05) is 31.7 Å². The number of rotatable bonds is 4. The Kier molecular flexibility index (Phi) is 6.21. The number of carbonyl (C=O) groups excluding carboxylic acids is 3. The lowest BCUT2D eigenvalue weighted by Crippen LogP contribution is -2.43. The van der Waals surface area contributed by atoms with Gasteiger partial charge in [0.1, 0.15) is 5.75 Å². The summed E-state index contributed by atoms with van der Waals surface area (Å²) >= 11 is 0. The molecule has 1 heterocycles. The number of urea groups is 1. The SMILES string of the molecule is COc1ccc(C(=O)N2CCCN(C(=O)CNC(N)=O)CC2)cc1C. The maximum atomic E-state index is 12.7. The molecule has 1 fully saturated rings. The van der Waals surface area contributed by atoms with Crippen molar-refractivity contribution in [3.05, 3.63) is 29.3 Å². The predicted octanol–water partition coefficient (Wildman–Crippen LogP) is 0.346. The average Bonchev–Trinajstić information content (AvgIpc) is 2.85. The van der Waals surface area contributed by atoms with Crippen LogP contribution in [0.25, 0.3) is 0 Å². The van der Waals surface area contributed by atoms with Crippen LogP contribution >= 0.6 is 0 Å². The van der Waals surface area contributed by atoms with Crippen LogP contribution in [-0.4, -0.2) is 67.5 Å². The zero-order valence-corrected chi connectivity index (χ0v) is 14.6. The third-order valence-corrected chi connectivity index (χ3v) is 4.19. The smallest absolute Gasteiger partial charge is 0.312 e. The lowest BCUT2D eigenvalue weighted by atomic mass is 10.1. The van der Waals surface area contributed by atoms with E-state index in [0.29, 0.717) is 38.2 Å². The minimum atomic E-state index is -0.727. The number of amides is 4.